The number of aromatic nitrogens is 5. The smallest absolute Gasteiger partial charge is 0.261 e. The number of hydrogen-bond acceptors (Lipinski definition) is 5. The van der Waals surface area contributed by atoms with Gasteiger partial charge >= 0.3 is 0 Å². The molecule has 4 rings (SSSR count). The molecule has 1 amide bonds. The van der Waals surface area contributed by atoms with Crippen molar-refractivity contribution < 1.29 is 9.18 Å². The number of halogens is 1. The molecule has 130 valence electrons. The van der Waals surface area contributed by atoms with Gasteiger partial charge in [-0.1, -0.05) is 12.1 Å². The maximum Gasteiger partial charge on any atom is 0.261 e. The Labute approximate surface area is 147 Å². The van der Waals surface area contributed by atoms with E-state index in [1.807, 2.05) is 0 Å². The van der Waals surface area contributed by atoms with Gasteiger partial charge in [-0.05, 0) is 18.2 Å². The van der Waals surface area contributed by atoms with Gasteiger partial charge in [-0.15, -0.1) is 0 Å². The maximum absolute atomic E-state index is 13.5. The molecule has 3 aromatic heterocycles. The first-order valence-corrected chi connectivity index (χ1v) is 7.72. The lowest BCUT2D eigenvalue weighted by Gasteiger charge is -2.05. The van der Waals surface area contributed by atoms with Crippen molar-refractivity contribution in [1.82, 2.24) is 24.4 Å². The average Bonchev–Trinajstić information content (AvgIpc) is 3.17. The van der Waals surface area contributed by atoms with Crippen molar-refractivity contribution in [1.29, 1.82) is 0 Å². The molecule has 26 heavy (non-hydrogen) atoms. The van der Waals surface area contributed by atoms with Crippen LogP contribution in [0.25, 0.3) is 16.9 Å². The first-order chi connectivity index (χ1) is 12.5. The van der Waals surface area contributed by atoms with Crippen LogP contribution in [0.2, 0.25) is 0 Å². The summed E-state index contributed by atoms with van der Waals surface area (Å²) in [5.41, 5.74) is 7.78. The van der Waals surface area contributed by atoms with Gasteiger partial charge in [0.25, 0.3) is 5.91 Å². The second-order valence-electron chi connectivity index (χ2n) is 5.71. The number of rotatable bonds is 3. The maximum atomic E-state index is 13.5. The Hall–Kier alpha value is -3.75. The lowest BCUT2D eigenvalue weighted by Crippen LogP contribution is -2.12. The van der Waals surface area contributed by atoms with Gasteiger partial charge in [0.15, 0.2) is 5.65 Å². The third-order valence-electron chi connectivity index (χ3n) is 3.81. The van der Waals surface area contributed by atoms with Crippen LogP contribution in [0.3, 0.4) is 0 Å². The fraction of sp³-hybridized carbons (Fsp3) is 0.0588. The van der Waals surface area contributed by atoms with Gasteiger partial charge < -0.3 is 11.1 Å². The zero-order valence-electron chi connectivity index (χ0n) is 13.7. The minimum absolute atomic E-state index is 0.270. The van der Waals surface area contributed by atoms with Crippen molar-refractivity contribution in [3.63, 3.8) is 0 Å². The Morgan fingerprint density at radius 2 is 2.15 bits per heavy atom. The highest BCUT2D eigenvalue weighted by Crippen LogP contribution is 2.27. The second kappa shape index (κ2) is 5.96. The number of aryl methyl sites for hydroxylation is 1. The number of anilines is 2. The summed E-state index contributed by atoms with van der Waals surface area (Å²) in [6, 6.07) is 7.60. The summed E-state index contributed by atoms with van der Waals surface area (Å²) in [6.45, 7) is 0. The highest BCUT2D eigenvalue weighted by atomic mass is 19.1. The molecule has 0 saturated heterocycles. The standard InChI is InChI=1S/C17H14FN7O/c1-24-9-13(15(23-24)10-3-2-4-11(18)7-10)21-17(26)12-8-20-25-6-5-14(19)22-16(12)25/h2-9H,1H3,(H2,19,22)(H,21,26). The van der Waals surface area contributed by atoms with Gasteiger partial charge in [0, 0.05) is 25.0 Å². The normalized spacial score (nSPS) is 11.0. The zero-order valence-corrected chi connectivity index (χ0v) is 13.7. The molecular weight excluding hydrogens is 337 g/mol. The molecule has 4 aromatic rings. The Morgan fingerprint density at radius 1 is 1.31 bits per heavy atom. The number of benzene rings is 1. The first-order valence-electron chi connectivity index (χ1n) is 7.72. The number of nitrogens with zero attached hydrogens (tertiary/aromatic N) is 5. The van der Waals surface area contributed by atoms with Crippen LogP contribution in [0, 0.1) is 5.82 Å². The molecule has 1 aromatic carbocycles. The predicted molar refractivity (Wildman–Crippen MR) is 94.0 cm³/mol. The number of carbonyl (C=O) groups is 1. The van der Waals surface area contributed by atoms with E-state index in [4.69, 9.17) is 5.73 Å². The van der Waals surface area contributed by atoms with Crippen LogP contribution < -0.4 is 11.1 Å². The number of hydrogen-bond donors (Lipinski definition) is 2. The van der Waals surface area contributed by atoms with Crippen molar-refractivity contribution in [2.45, 2.75) is 0 Å². The van der Waals surface area contributed by atoms with E-state index in [9.17, 15) is 9.18 Å². The summed E-state index contributed by atoms with van der Waals surface area (Å²) in [5.74, 6) is -0.509. The zero-order chi connectivity index (χ0) is 18.3. The summed E-state index contributed by atoms with van der Waals surface area (Å²) in [6.07, 6.45) is 4.68. The molecule has 9 heteroatoms. The van der Waals surface area contributed by atoms with E-state index in [1.54, 1.807) is 42.3 Å². The number of nitrogens with one attached hydrogen (secondary N) is 1. The Balaban J connectivity index is 1.71. The van der Waals surface area contributed by atoms with Crippen molar-refractivity contribution in [3.8, 4) is 11.3 Å². The number of nitrogen functional groups attached to an aromatic ring is 1. The molecular formula is C17H14FN7O. The van der Waals surface area contributed by atoms with Gasteiger partial charge in [0.05, 0.1) is 11.9 Å². The van der Waals surface area contributed by atoms with Gasteiger partial charge in [-0.25, -0.2) is 13.9 Å². The van der Waals surface area contributed by atoms with E-state index in [1.165, 1.54) is 22.8 Å². The number of nitrogens with two attached hydrogens (primary N) is 1. The molecule has 0 unspecified atom stereocenters. The minimum Gasteiger partial charge on any atom is -0.384 e. The highest BCUT2D eigenvalue weighted by Gasteiger charge is 2.18. The van der Waals surface area contributed by atoms with Crippen molar-refractivity contribution in [2.24, 2.45) is 7.05 Å². The monoisotopic (exact) mass is 351 g/mol. The summed E-state index contributed by atoms with van der Waals surface area (Å²) >= 11 is 0. The summed E-state index contributed by atoms with van der Waals surface area (Å²) in [7, 11) is 1.72. The fourth-order valence-electron chi connectivity index (χ4n) is 2.66. The Morgan fingerprint density at radius 3 is 2.96 bits per heavy atom. The van der Waals surface area contributed by atoms with E-state index in [-0.39, 0.29) is 17.2 Å². The molecule has 0 radical (unpaired) electrons. The largest absolute Gasteiger partial charge is 0.384 e. The molecule has 0 aliphatic carbocycles. The van der Waals surface area contributed by atoms with Crippen LogP contribution in [0.1, 0.15) is 10.4 Å². The average molecular weight is 351 g/mol. The molecule has 0 atom stereocenters. The molecule has 0 aliphatic rings. The molecule has 8 nitrogen and oxygen atoms in total. The molecule has 3 heterocycles. The lowest BCUT2D eigenvalue weighted by molar-refractivity contribution is 0.102. The number of carbonyl (C=O) groups excluding carboxylic acids is 1. The Kier molecular flexibility index (Phi) is 3.61. The van der Waals surface area contributed by atoms with Crippen LogP contribution in [0.15, 0.2) is 48.9 Å². The van der Waals surface area contributed by atoms with Gasteiger partial charge in [-0.3, -0.25) is 9.48 Å². The van der Waals surface area contributed by atoms with E-state index in [2.05, 4.69) is 20.5 Å². The highest BCUT2D eigenvalue weighted by molar-refractivity contribution is 6.09. The summed E-state index contributed by atoms with van der Waals surface area (Å²) in [5, 5.41) is 11.2. The predicted octanol–water partition coefficient (Wildman–Crippen LogP) is 2.10. The van der Waals surface area contributed by atoms with Crippen LogP contribution in [0.4, 0.5) is 15.9 Å². The SMILES string of the molecule is Cn1cc(NC(=O)c2cnn3ccc(N)nc23)c(-c2cccc(F)c2)n1. The minimum atomic E-state index is -0.413. The Bertz CT molecular complexity index is 1130. The topological polar surface area (TPSA) is 103 Å². The van der Waals surface area contributed by atoms with Crippen LogP contribution in [0.5, 0.6) is 0 Å². The molecule has 0 bridgehead atoms. The van der Waals surface area contributed by atoms with Crippen LogP contribution in [-0.4, -0.2) is 30.3 Å². The third kappa shape index (κ3) is 2.75. The van der Waals surface area contributed by atoms with Crippen molar-refractivity contribution in [3.05, 3.63) is 60.3 Å². The quantitative estimate of drug-likeness (QED) is 0.588. The van der Waals surface area contributed by atoms with E-state index >= 15 is 0 Å². The van der Waals surface area contributed by atoms with Crippen molar-refractivity contribution in [2.75, 3.05) is 11.1 Å². The number of fused-ring (bicyclic) bond motifs is 1. The van der Waals surface area contributed by atoms with Gasteiger partial charge in [-0.2, -0.15) is 10.2 Å². The van der Waals surface area contributed by atoms with Crippen molar-refractivity contribution >= 4 is 23.1 Å². The molecule has 0 spiro atoms. The van der Waals surface area contributed by atoms with Gasteiger partial charge in [0.1, 0.15) is 22.9 Å². The molecule has 0 saturated carbocycles. The lowest BCUT2D eigenvalue weighted by atomic mass is 10.1. The van der Waals surface area contributed by atoms with E-state index in [0.717, 1.165) is 0 Å². The fourth-order valence-corrected chi connectivity index (χ4v) is 2.66. The van der Waals surface area contributed by atoms with Gasteiger partial charge in [0.2, 0.25) is 0 Å². The summed E-state index contributed by atoms with van der Waals surface area (Å²) in [4.78, 5) is 16.8. The second-order valence-corrected chi connectivity index (χ2v) is 5.71. The van der Waals surface area contributed by atoms with E-state index < -0.39 is 5.91 Å². The summed E-state index contributed by atoms with van der Waals surface area (Å²) < 4.78 is 16.5. The molecule has 3 N–H and O–H groups in total. The van der Waals surface area contributed by atoms with Crippen LogP contribution >= 0.6 is 0 Å². The molecule has 0 fully saturated rings. The van der Waals surface area contributed by atoms with E-state index in [0.29, 0.717) is 22.6 Å². The first kappa shape index (κ1) is 15.8. The van der Waals surface area contributed by atoms with Crippen LogP contribution in [-0.2, 0) is 7.05 Å². The number of amides is 1. The molecule has 0 aliphatic heterocycles. The third-order valence-corrected chi connectivity index (χ3v) is 3.81.